The number of imidazole rings is 1. The number of fused-ring (bicyclic) bond motifs is 1. The summed E-state index contributed by atoms with van der Waals surface area (Å²) in [7, 11) is 0. The molecule has 1 amide bonds. The normalized spacial score (nSPS) is 11.1. The molecule has 0 aliphatic rings. The van der Waals surface area contributed by atoms with Crippen LogP contribution < -0.4 is 10.2 Å². The molecule has 3 rings (SSSR count). The minimum absolute atomic E-state index is 0.163. The molecule has 6 heteroatoms. The van der Waals surface area contributed by atoms with Crippen molar-refractivity contribution in [3.05, 3.63) is 59.9 Å². The van der Waals surface area contributed by atoms with E-state index in [9.17, 15) is 4.79 Å². The van der Waals surface area contributed by atoms with Crippen LogP contribution in [0.4, 0.5) is 0 Å². The van der Waals surface area contributed by atoms with Gasteiger partial charge in [0.2, 0.25) is 0 Å². The predicted octanol–water partition coefficient (Wildman–Crippen LogP) is 2.89. The van der Waals surface area contributed by atoms with Crippen LogP contribution >= 0.6 is 0 Å². The third kappa shape index (κ3) is 3.85. The van der Waals surface area contributed by atoms with E-state index in [-0.39, 0.29) is 12.5 Å². The van der Waals surface area contributed by atoms with E-state index in [0.29, 0.717) is 6.61 Å². The molecule has 25 heavy (non-hydrogen) atoms. The number of carbonyl (C=O) groups is 1. The highest BCUT2D eigenvalue weighted by Gasteiger charge is 2.10. The number of ether oxygens (including phenoxy) is 1. The average molecular weight is 336 g/mol. The number of nitrogens with one attached hydrogen (secondary N) is 1. The number of hydrogen-bond acceptors (Lipinski definition) is 4. The van der Waals surface area contributed by atoms with Crippen LogP contribution in [0, 0.1) is 6.92 Å². The summed E-state index contributed by atoms with van der Waals surface area (Å²) in [4.78, 5) is 16.7. The van der Waals surface area contributed by atoms with Crippen LogP contribution in [0.25, 0.3) is 11.0 Å². The first-order valence-electron chi connectivity index (χ1n) is 8.14. The van der Waals surface area contributed by atoms with Crippen LogP contribution in [0.15, 0.2) is 53.6 Å². The van der Waals surface area contributed by atoms with E-state index in [2.05, 4.69) is 15.5 Å². The van der Waals surface area contributed by atoms with Crippen molar-refractivity contribution in [3.8, 4) is 5.75 Å². The van der Waals surface area contributed by atoms with Crippen molar-refractivity contribution in [2.45, 2.75) is 20.4 Å². The highest BCUT2D eigenvalue weighted by Crippen LogP contribution is 2.16. The summed E-state index contributed by atoms with van der Waals surface area (Å²) >= 11 is 0. The maximum atomic E-state index is 12.2. The van der Waals surface area contributed by atoms with Crippen molar-refractivity contribution in [1.29, 1.82) is 0 Å². The molecule has 128 valence electrons. The number of carbonyl (C=O) groups excluding carboxylic acids is 1. The monoisotopic (exact) mass is 336 g/mol. The molecular formula is C19H20N4O2. The Morgan fingerprint density at radius 2 is 2.00 bits per heavy atom. The van der Waals surface area contributed by atoms with Gasteiger partial charge in [-0.3, -0.25) is 4.79 Å². The molecule has 0 radical (unpaired) electrons. The molecule has 1 heterocycles. The van der Waals surface area contributed by atoms with Crippen LogP contribution in [0.5, 0.6) is 5.75 Å². The van der Waals surface area contributed by atoms with Gasteiger partial charge in [0.05, 0.1) is 23.9 Å². The largest absolute Gasteiger partial charge is 0.493 e. The fourth-order valence-corrected chi connectivity index (χ4v) is 2.62. The van der Waals surface area contributed by atoms with Crippen LogP contribution in [0.1, 0.15) is 18.3 Å². The Hall–Kier alpha value is -3.15. The Morgan fingerprint density at radius 3 is 2.84 bits per heavy atom. The average Bonchev–Trinajstić information content (AvgIpc) is 2.92. The quantitative estimate of drug-likeness (QED) is 0.556. The molecule has 2 aromatic carbocycles. The number of rotatable bonds is 6. The van der Waals surface area contributed by atoms with Gasteiger partial charge in [0.15, 0.2) is 0 Å². The number of benzene rings is 2. The molecule has 1 aromatic heterocycles. The zero-order valence-corrected chi connectivity index (χ0v) is 14.3. The molecule has 3 aromatic rings. The number of hydrazone groups is 1. The van der Waals surface area contributed by atoms with E-state index in [1.807, 2.05) is 66.9 Å². The number of amides is 1. The summed E-state index contributed by atoms with van der Waals surface area (Å²) in [6.07, 6.45) is 1.59. The van der Waals surface area contributed by atoms with Gasteiger partial charge >= 0.3 is 0 Å². The van der Waals surface area contributed by atoms with Gasteiger partial charge in [0.1, 0.15) is 18.1 Å². The van der Waals surface area contributed by atoms with Crippen LogP contribution in [0.2, 0.25) is 0 Å². The van der Waals surface area contributed by atoms with Gasteiger partial charge in [-0.2, -0.15) is 5.10 Å². The Kier molecular flexibility index (Phi) is 5.09. The van der Waals surface area contributed by atoms with E-state index in [4.69, 9.17) is 4.74 Å². The fourth-order valence-electron chi connectivity index (χ4n) is 2.62. The van der Waals surface area contributed by atoms with E-state index in [0.717, 1.165) is 28.2 Å². The summed E-state index contributed by atoms with van der Waals surface area (Å²) in [6, 6.07) is 15.3. The lowest BCUT2D eigenvalue weighted by Gasteiger charge is -2.07. The first kappa shape index (κ1) is 16.7. The lowest BCUT2D eigenvalue weighted by molar-refractivity contribution is -0.121. The molecule has 0 spiro atoms. The van der Waals surface area contributed by atoms with Crippen LogP contribution in [-0.2, 0) is 11.3 Å². The minimum Gasteiger partial charge on any atom is -0.493 e. The van der Waals surface area contributed by atoms with Gasteiger partial charge in [-0.05, 0) is 38.1 Å². The summed E-state index contributed by atoms with van der Waals surface area (Å²) < 4.78 is 7.40. The third-order valence-electron chi connectivity index (χ3n) is 3.76. The zero-order chi connectivity index (χ0) is 17.6. The van der Waals surface area contributed by atoms with Gasteiger partial charge in [-0.1, -0.05) is 24.3 Å². The number of para-hydroxylation sites is 3. The van der Waals surface area contributed by atoms with Crippen LogP contribution in [0.3, 0.4) is 0 Å². The van der Waals surface area contributed by atoms with Gasteiger partial charge in [0.25, 0.3) is 5.91 Å². The van der Waals surface area contributed by atoms with Gasteiger partial charge in [-0.25, -0.2) is 10.4 Å². The van der Waals surface area contributed by atoms with E-state index >= 15 is 0 Å². The van der Waals surface area contributed by atoms with Crippen molar-refractivity contribution < 1.29 is 9.53 Å². The second-order valence-electron chi connectivity index (χ2n) is 5.50. The Morgan fingerprint density at radius 1 is 1.24 bits per heavy atom. The standard InChI is InChI=1S/C19H20N4O2/c1-3-25-18-11-7-4-8-15(18)12-20-22-19(24)13-23-14(2)21-16-9-5-6-10-17(16)23/h4-12H,3,13H2,1-2H3,(H,22,24)/b20-12+. The molecular weight excluding hydrogens is 316 g/mol. The summed E-state index contributed by atoms with van der Waals surface area (Å²) in [5.41, 5.74) is 5.18. The molecule has 0 atom stereocenters. The molecule has 0 unspecified atom stereocenters. The third-order valence-corrected chi connectivity index (χ3v) is 3.76. The van der Waals surface area contributed by atoms with E-state index < -0.39 is 0 Å². The lowest BCUT2D eigenvalue weighted by Crippen LogP contribution is -2.23. The Balaban J connectivity index is 1.68. The SMILES string of the molecule is CCOc1ccccc1/C=N/NC(=O)Cn1c(C)nc2ccccc21. The topological polar surface area (TPSA) is 68.5 Å². The molecule has 0 aliphatic heterocycles. The first-order valence-corrected chi connectivity index (χ1v) is 8.14. The summed E-state index contributed by atoms with van der Waals surface area (Å²) in [5.74, 6) is 1.32. The molecule has 0 saturated heterocycles. The summed E-state index contributed by atoms with van der Waals surface area (Å²) in [6.45, 7) is 4.54. The molecule has 0 bridgehead atoms. The molecule has 0 aliphatic carbocycles. The number of aromatic nitrogens is 2. The number of aryl methyl sites for hydroxylation is 1. The van der Waals surface area contributed by atoms with E-state index in [1.54, 1.807) is 6.21 Å². The number of hydrogen-bond donors (Lipinski definition) is 1. The Labute approximate surface area is 146 Å². The first-order chi connectivity index (χ1) is 12.2. The smallest absolute Gasteiger partial charge is 0.260 e. The second kappa shape index (κ2) is 7.61. The van der Waals surface area contributed by atoms with Crippen molar-refractivity contribution in [2.75, 3.05) is 6.61 Å². The fraction of sp³-hybridized carbons (Fsp3) is 0.211. The predicted molar refractivity (Wildman–Crippen MR) is 97.8 cm³/mol. The van der Waals surface area contributed by atoms with Crippen molar-refractivity contribution in [2.24, 2.45) is 5.10 Å². The molecule has 6 nitrogen and oxygen atoms in total. The van der Waals surface area contributed by atoms with Crippen molar-refractivity contribution in [1.82, 2.24) is 15.0 Å². The van der Waals surface area contributed by atoms with Gasteiger partial charge < -0.3 is 9.30 Å². The van der Waals surface area contributed by atoms with E-state index in [1.165, 1.54) is 0 Å². The highest BCUT2D eigenvalue weighted by molar-refractivity contribution is 5.85. The van der Waals surface area contributed by atoms with Gasteiger partial charge in [-0.15, -0.1) is 0 Å². The van der Waals surface area contributed by atoms with Crippen LogP contribution in [-0.4, -0.2) is 28.3 Å². The minimum atomic E-state index is -0.212. The molecule has 0 fully saturated rings. The highest BCUT2D eigenvalue weighted by atomic mass is 16.5. The summed E-state index contributed by atoms with van der Waals surface area (Å²) in [5, 5.41) is 4.04. The zero-order valence-electron chi connectivity index (χ0n) is 14.3. The lowest BCUT2D eigenvalue weighted by atomic mass is 10.2. The Bertz CT molecular complexity index is 915. The second-order valence-corrected chi connectivity index (χ2v) is 5.50. The number of nitrogens with zero attached hydrogens (tertiary/aromatic N) is 3. The maximum Gasteiger partial charge on any atom is 0.260 e. The van der Waals surface area contributed by atoms with Crippen molar-refractivity contribution >= 4 is 23.2 Å². The van der Waals surface area contributed by atoms with Gasteiger partial charge in [0, 0.05) is 5.56 Å². The molecule has 0 saturated carbocycles. The molecule has 1 N–H and O–H groups in total. The maximum absolute atomic E-state index is 12.2. The van der Waals surface area contributed by atoms with Crippen molar-refractivity contribution in [3.63, 3.8) is 0 Å².